The molecule has 3 atom stereocenters. The summed E-state index contributed by atoms with van der Waals surface area (Å²) in [6.07, 6.45) is 1.68. The molecule has 0 aliphatic heterocycles. The Morgan fingerprint density at radius 3 is 2.42 bits per heavy atom. The van der Waals surface area contributed by atoms with Crippen LogP contribution in [0.25, 0.3) is 32.7 Å². The second-order valence-corrected chi connectivity index (χ2v) is 14.1. The van der Waals surface area contributed by atoms with Crippen molar-refractivity contribution in [2.75, 3.05) is 18.9 Å². The minimum atomic E-state index is -4.14. The molecule has 48 heavy (non-hydrogen) atoms. The monoisotopic (exact) mass is 675 g/mol. The first-order valence-electron chi connectivity index (χ1n) is 16.5. The van der Waals surface area contributed by atoms with Gasteiger partial charge in [0.25, 0.3) is 0 Å². The van der Waals surface area contributed by atoms with Crippen molar-refractivity contribution in [3.63, 3.8) is 0 Å². The molecule has 0 aliphatic carbocycles. The maximum Gasteiger partial charge on any atom is 0.459 e. The van der Waals surface area contributed by atoms with Crippen LogP contribution in [0.3, 0.4) is 0 Å². The highest BCUT2D eigenvalue weighted by Gasteiger charge is 2.36. The Kier molecular flexibility index (Phi) is 11.1. The van der Waals surface area contributed by atoms with E-state index in [0.29, 0.717) is 35.9 Å². The Balaban J connectivity index is 1.52. The summed E-state index contributed by atoms with van der Waals surface area (Å²) in [6, 6.07) is 20.0. The number of rotatable bonds is 16. The van der Waals surface area contributed by atoms with Crippen molar-refractivity contribution in [3.05, 3.63) is 72.6 Å². The molecule has 0 saturated heterocycles. The van der Waals surface area contributed by atoms with Gasteiger partial charge in [-0.1, -0.05) is 67.9 Å². The van der Waals surface area contributed by atoms with Crippen LogP contribution in [0.15, 0.2) is 66.7 Å². The molecule has 3 N–H and O–H groups in total. The summed E-state index contributed by atoms with van der Waals surface area (Å²) in [5.74, 6) is 0.870. The van der Waals surface area contributed by atoms with E-state index in [-0.39, 0.29) is 19.3 Å². The Hall–Kier alpha value is -4.02. The van der Waals surface area contributed by atoms with Crippen molar-refractivity contribution < 1.29 is 27.9 Å². The number of imidazole rings is 1. The zero-order valence-corrected chi connectivity index (χ0v) is 29.5. The maximum absolute atomic E-state index is 14.6. The molecule has 0 amide bonds. The van der Waals surface area contributed by atoms with Crippen molar-refractivity contribution in [1.82, 2.24) is 19.6 Å². The zero-order chi connectivity index (χ0) is 34.5. The van der Waals surface area contributed by atoms with E-state index in [4.69, 9.17) is 29.2 Å². The molecule has 5 rings (SSSR count). The minimum Gasteiger partial charge on any atom is -0.462 e. The molecule has 0 bridgehead atoms. The van der Waals surface area contributed by atoms with Crippen molar-refractivity contribution in [3.8, 4) is 5.75 Å². The highest BCUT2D eigenvalue weighted by molar-refractivity contribution is 7.52. The van der Waals surface area contributed by atoms with Gasteiger partial charge >= 0.3 is 13.7 Å². The van der Waals surface area contributed by atoms with E-state index in [1.54, 1.807) is 26.8 Å². The number of ether oxygens (including phenoxy) is 2. The zero-order valence-electron chi connectivity index (χ0n) is 28.6. The summed E-state index contributed by atoms with van der Waals surface area (Å²) in [5, 5.41) is 5.44. The Labute approximate surface area is 281 Å². The second-order valence-electron chi connectivity index (χ2n) is 12.4. The first-order chi connectivity index (χ1) is 23.0. The van der Waals surface area contributed by atoms with E-state index in [9.17, 15) is 9.36 Å². The number of nitrogen functional groups attached to an aromatic ring is 1. The number of esters is 1. The average Bonchev–Trinajstić information content (AvgIpc) is 3.45. The third-order valence-electron chi connectivity index (χ3n) is 8.28. The van der Waals surface area contributed by atoms with Crippen LogP contribution in [0.2, 0.25) is 0 Å². The molecule has 5 aromatic rings. The summed E-state index contributed by atoms with van der Waals surface area (Å²) in [6.45, 7) is 12.1. The van der Waals surface area contributed by atoms with E-state index < -0.39 is 25.3 Å². The summed E-state index contributed by atoms with van der Waals surface area (Å²) in [7, 11) is -4.14. The molecule has 2 heterocycles. The number of hydrogen-bond donors (Lipinski definition) is 2. The number of benzene rings is 3. The molecule has 0 spiro atoms. The smallest absolute Gasteiger partial charge is 0.459 e. The number of nitrogens with two attached hydrogens (primary N) is 1. The molecule has 11 nitrogen and oxygen atoms in total. The predicted octanol–water partition coefficient (Wildman–Crippen LogP) is 7.90. The molecule has 0 radical (unpaired) electrons. The lowest BCUT2D eigenvalue weighted by atomic mass is 9.91. The van der Waals surface area contributed by atoms with Crippen LogP contribution in [-0.2, 0) is 35.5 Å². The SMILES string of the molecule is CCC[C@](C)(CCOP(=O)(N[C@@H](C)C(=O)OC(C)C)Oc1cccc2ccccc12)n1c(COCC)nc2c(N)nc3ccccc3c21. The van der Waals surface area contributed by atoms with Crippen molar-refractivity contribution in [1.29, 1.82) is 0 Å². The maximum atomic E-state index is 14.6. The van der Waals surface area contributed by atoms with E-state index in [0.717, 1.165) is 40.0 Å². The molecule has 3 aromatic carbocycles. The first kappa shape index (κ1) is 35.3. The van der Waals surface area contributed by atoms with E-state index in [2.05, 4.69) is 28.5 Å². The molecule has 0 fully saturated rings. The number of carbonyl (C=O) groups is 1. The third-order valence-corrected chi connectivity index (χ3v) is 9.94. The molecule has 1 unspecified atom stereocenters. The van der Waals surface area contributed by atoms with Gasteiger partial charge in [-0.05, 0) is 65.0 Å². The Morgan fingerprint density at radius 1 is 0.979 bits per heavy atom. The van der Waals surface area contributed by atoms with E-state index in [1.165, 1.54) is 0 Å². The third kappa shape index (κ3) is 7.65. The van der Waals surface area contributed by atoms with Gasteiger partial charge in [-0.25, -0.2) is 14.5 Å². The molecule has 256 valence electrons. The summed E-state index contributed by atoms with van der Waals surface area (Å²) in [4.78, 5) is 22.4. The fourth-order valence-corrected chi connectivity index (χ4v) is 7.62. The number of pyridine rings is 1. The van der Waals surface area contributed by atoms with Crippen LogP contribution >= 0.6 is 7.75 Å². The number of para-hydroxylation sites is 1. The number of hydrogen-bond acceptors (Lipinski definition) is 9. The lowest BCUT2D eigenvalue weighted by Crippen LogP contribution is -2.37. The fourth-order valence-electron chi connectivity index (χ4n) is 6.11. The predicted molar refractivity (Wildman–Crippen MR) is 190 cm³/mol. The number of aromatic nitrogens is 3. The van der Waals surface area contributed by atoms with E-state index >= 15 is 0 Å². The quantitative estimate of drug-likeness (QED) is 0.0784. The summed E-state index contributed by atoms with van der Waals surface area (Å²) < 4.78 is 40.4. The number of carbonyl (C=O) groups excluding carboxylic acids is 1. The first-order valence-corrected chi connectivity index (χ1v) is 18.1. The number of nitrogens with one attached hydrogen (secondary N) is 1. The lowest BCUT2D eigenvalue weighted by Gasteiger charge is -2.34. The molecule has 0 aliphatic rings. The van der Waals surface area contributed by atoms with Gasteiger partial charge in [0.1, 0.15) is 29.7 Å². The largest absolute Gasteiger partial charge is 0.462 e. The van der Waals surface area contributed by atoms with Crippen LogP contribution in [0, 0.1) is 0 Å². The molecular weight excluding hydrogens is 629 g/mol. The lowest BCUT2D eigenvalue weighted by molar-refractivity contribution is -0.149. The Morgan fingerprint density at radius 2 is 1.69 bits per heavy atom. The van der Waals surface area contributed by atoms with Crippen LogP contribution in [0.1, 0.15) is 66.6 Å². The van der Waals surface area contributed by atoms with Crippen LogP contribution in [-0.4, -0.2) is 45.9 Å². The van der Waals surface area contributed by atoms with Gasteiger partial charge in [0.2, 0.25) is 0 Å². The van der Waals surface area contributed by atoms with Crippen LogP contribution in [0.4, 0.5) is 5.82 Å². The highest BCUT2D eigenvalue weighted by atomic mass is 31.2. The second kappa shape index (κ2) is 15.0. The number of nitrogens with zero attached hydrogens (tertiary/aromatic N) is 3. The Bertz CT molecular complexity index is 1940. The molecule has 12 heteroatoms. The van der Waals surface area contributed by atoms with Crippen molar-refractivity contribution in [2.45, 2.75) is 85.1 Å². The minimum absolute atomic E-state index is 0.0315. The number of anilines is 1. The normalized spacial score (nSPS) is 15.1. The summed E-state index contributed by atoms with van der Waals surface area (Å²) >= 11 is 0. The van der Waals surface area contributed by atoms with Crippen molar-refractivity contribution in [2.24, 2.45) is 0 Å². The van der Waals surface area contributed by atoms with Crippen LogP contribution < -0.4 is 15.3 Å². The van der Waals surface area contributed by atoms with Gasteiger partial charge in [-0.2, -0.15) is 5.09 Å². The van der Waals surface area contributed by atoms with Gasteiger partial charge in [-0.15, -0.1) is 0 Å². The van der Waals surface area contributed by atoms with Crippen molar-refractivity contribution >= 4 is 52.2 Å². The average molecular weight is 676 g/mol. The van der Waals surface area contributed by atoms with Gasteiger partial charge in [-0.3, -0.25) is 9.32 Å². The van der Waals surface area contributed by atoms with Gasteiger partial charge < -0.3 is 24.3 Å². The highest BCUT2D eigenvalue weighted by Crippen LogP contribution is 2.48. The number of fused-ring (bicyclic) bond motifs is 4. The fraction of sp³-hybridized carbons (Fsp3) is 0.417. The molecule has 2 aromatic heterocycles. The van der Waals surface area contributed by atoms with Gasteiger partial charge in [0, 0.05) is 22.9 Å². The van der Waals surface area contributed by atoms with Gasteiger partial charge in [0.15, 0.2) is 5.82 Å². The standard InChI is InChI=1S/C36H46N5O6P/c1-7-20-36(6,41-31(23-44-8-2)39-32-33(41)28-17-11-12-18-29(28)38-34(32)37)21-22-45-48(43,40-25(5)35(42)46-24(3)4)47-30-19-13-15-26-14-9-10-16-27(26)30/h9-19,24-25H,7-8,20-23H2,1-6H3,(H2,37,38)(H,40,43)/t25-,36+,48?/m0/s1. The van der Waals surface area contributed by atoms with Crippen LogP contribution in [0.5, 0.6) is 5.75 Å². The summed E-state index contributed by atoms with van der Waals surface area (Å²) in [5.41, 5.74) is 8.13. The topological polar surface area (TPSA) is 140 Å². The molecular formula is C36H46N5O6P. The van der Waals surface area contributed by atoms with E-state index in [1.807, 2.05) is 67.6 Å². The molecule has 0 saturated carbocycles. The van der Waals surface area contributed by atoms with Gasteiger partial charge in [0.05, 0.1) is 23.7 Å².